The van der Waals surface area contributed by atoms with E-state index < -0.39 is 0 Å². The summed E-state index contributed by atoms with van der Waals surface area (Å²) in [5.74, 6) is 1.85. The van der Waals surface area contributed by atoms with Gasteiger partial charge in [0.15, 0.2) is 0 Å². The molecule has 1 unspecified atom stereocenters. The summed E-state index contributed by atoms with van der Waals surface area (Å²) in [5.41, 5.74) is 5.56. The lowest BCUT2D eigenvalue weighted by molar-refractivity contribution is 0.545. The van der Waals surface area contributed by atoms with Gasteiger partial charge in [-0.25, -0.2) is 4.98 Å². The summed E-state index contributed by atoms with van der Waals surface area (Å²) in [6.45, 7) is 3.04. The normalized spacial score (nSPS) is 21.9. The molecule has 0 bridgehead atoms. The SMILES string of the molecule is Cn1ccnc1N1CCC(CCN)C1. The third-order valence-corrected chi connectivity index (χ3v) is 2.94. The van der Waals surface area contributed by atoms with Crippen LogP contribution in [0.15, 0.2) is 12.4 Å². The minimum Gasteiger partial charge on any atom is -0.342 e. The largest absolute Gasteiger partial charge is 0.342 e. The maximum atomic E-state index is 5.56. The van der Waals surface area contributed by atoms with Gasteiger partial charge in [-0.1, -0.05) is 0 Å². The minimum atomic E-state index is 0.761. The molecule has 1 aliphatic heterocycles. The Labute approximate surface area is 84.7 Å². The molecule has 0 saturated carbocycles. The van der Waals surface area contributed by atoms with Gasteiger partial charge in [-0.15, -0.1) is 0 Å². The highest BCUT2D eigenvalue weighted by atomic mass is 15.3. The number of anilines is 1. The van der Waals surface area contributed by atoms with Crippen molar-refractivity contribution in [2.75, 3.05) is 24.5 Å². The van der Waals surface area contributed by atoms with Gasteiger partial charge in [0.1, 0.15) is 0 Å². The number of hydrogen-bond donors (Lipinski definition) is 1. The molecule has 2 heterocycles. The van der Waals surface area contributed by atoms with E-state index in [-0.39, 0.29) is 0 Å². The second-order valence-electron chi connectivity index (χ2n) is 4.02. The fourth-order valence-electron chi connectivity index (χ4n) is 2.15. The molecule has 1 fully saturated rings. The molecule has 1 saturated heterocycles. The van der Waals surface area contributed by atoms with Gasteiger partial charge in [0.2, 0.25) is 5.95 Å². The number of aryl methyl sites for hydroxylation is 1. The maximum absolute atomic E-state index is 5.56. The van der Waals surface area contributed by atoms with Crippen LogP contribution in [0.5, 0.6) is 0 Å². The Morgan fingerprint density at radius 3 is 3.14 bits per heavy atom. The lowest BCUT2D eigenvalue weighted by Crippen LogP contribution is -2.23. The van der Waals surface area contributed by atoms with E-state index >= 15 is 0 Å². The zero-order chi connectivity index (χ0) is 9.97. The summed E-state index contributed by atoms with van der Waals surface area (Å²) in [6, 6.07) is 0. The highest BCUT2D eigenvalue weighted by Gasteiger charge is 2.23. The van der Waals surface area contributed by atoms with E-state index in [2.05, 4.69) is 14.5 Å². The topological polar surface area (TPSA) is 47.1 Å². The fourth-order valence-corrected chi connectivity index (χ4v) is 2.15. The molecule has 0 spiro atoms. The second-order valence-corrected chi connectivity index (χ2v) is 4.02. The van der Waals surface area contributed by atoms with E-state index in [1.165, 1.54) is 6.42 Å². The highest BCUT2D eigenvalue weighted by molar-refractivity contribution is 5.32. The van der Waals surface area contributed by atoms with Crippen molar-refractivity contribution < 1.29 is 0 Å². The molecule has 78 valence electrons. The predicted octanol–water partition coefficient (Wildman–Crippen LogP) is 0.595. The Bertz CT molecular complexity index is 294. The van der Waals surface area contributed by atoms with E-state index in [9.17, 15) is 0 Å². The van der Waals surface area contributed by atoms with E-state index in [0.29, 0.717) is 0 Å². The number of rotatable bonds is 3. The molecular formula is C10H18N4. The number of aromatic nitrogens is 2. The summed E-state index contributed by atoms with van der Waals surface area (Å²) in [4.78, 5) is 6.70. The summed E-state index contributed by atoms with van der Waals surface area (Å²) >= 11 is 0. The predicted molar refractivity (Wildman–Crippen MR) is 57.2 cm³/mol. The van der Waals surface area contributed by atoms with Gasteiger partial charge in [-0.3, -0.25) is 0 Å². The Kier molecular flexibility index (Phi) is 2.72. The van der Waals surface area contributed by atoms with Crippen molar-refractivity contribution >= 4 is 5.95 Å². The molecule has 2 N–H and O–H groups in total. The number of imidazole rings is 1. The van der Waals surface area contributed by atoms with Crippen LogP contribution in [0.1, 0.15) is 12.8 Å². The lowest BCUT2D eigenvalue weighted by Gasteiger charge is -2.17. The molecule has 2 rings (SSSR count). The van der Waals surface area contributed by atoms with Crippen LogP contribution in [0.3, 0.4) is 0 Å². The monoisotopic (exact) mass is 194 g/mol. The first-order chi connectivity index (χ1) is 6.81. The molecule has 4 heteroatoms. The lowest BCUT2D eigenvalue weighted by atomic mass is 10.1. The van der Waals surface area contributed by atoms with Crippen LogP contribution in [0.2, 0.25) is 0 Å². The third-order valence-electron chi connectivity index (χ3n) is 2.94. The zero-order valence-electron chi connectivity index (χ0n) is 8.69. The molecular weight excluding hydrogens is 176 g/mol. The summed E-state index contributed by atoms with van der Waals surface area (Å²) in [6.07, 6.45) is 6.24. The van der Waals surface area contributed by atoms with Crippen LogP contribution in [-0.4, -0.2) is 29.2 Å². The third kappa shape index (κ3) is 1.75. The summed E-state index contributed by atoms with van der Waals surface area (Å²) in [7, 11) is 2.04. The van der Waals surface area contributed by atoms with Crippen molar-refractivity contribution in [2.45, 2.75) is 12.8 Å². The highest BCUT2D eigenvalue weighted by Crippen LogP contribution is 2.23. The smallest absolute Gasteiger partial charge is 0.205 e. The van der Waals surface area contributed by atoms with Gasteiger partial charge >= 0.3 is 0 Å². The zero-order valence-corrected chi connectivity index (χ0v) is 8.69. The number of nitrogens with two attached hydrogens (primary N) is 1. The Balaban J connectivity index is 1.99. The Hall–Kier alpha value is -1.03. The van der Waals surface area contributed by atoms with E-state index in [1.54, 1.807) is 0 Å². The standard InChI is InChI=1S/C10H18N4/c1-13-7-5-12-10(13)14-6-3-9(8-14)2-4-11/h5,7,9H,2-4,6,8,11H2,1H3. The molecule has 1 aromatic rings. The van der Waals surface area contributed by atoms with Gasteiger partial charge in [-0.2, -0.15) is 0 Å². The van der Waals surface area contributed by atoms with E-state index in [1.807, 2.05) is 19.4 Å². The van der Waals surface area contributed by atoms with Crippen LogP contribution in [0.4, 0.5) is 5.95 Å². The molecule has 1 atom stereocenters. The Morgan fingerprint density at radius 1 is 1.64 bits per heavy atom. The maximum Gasteiger partial charge on any atom is 0.205 e. The van der Waals surface area contributed by atoms with Crippen molar-refractivity contribution in [1.82, 2.24) is 9.55 Å². The number of nitrogens with zero attached hydrogens (tertiary/aromatic N) is 3. The van der Waals surface area contributed by atoms with Crippen LogP contribution in [0.25, 0.3) is 0 Å². The van der Waals surface area contributed by atoms with E-state index in [0.717, 1.165) is 37.9 Å². The van der Waals surface area contributed by atoms with Crippen LogP contribution in [-0.2, 0) is 7.05 Å². The number of hydrogen-bond acceptors (Lipinski definition) is 3. The molecule has 14 heavy (non-hydrogen) atoms. The molecule has 0 aromatic carbocycles. The Morgan fingerprint density at radius 2 is 2.50 bits per heavy atom. The van der Waals surface area contributed by atoms with Crippen LogP contribution in [0, 0.1) is 5.92 Å². The van der Waals surface area contributed by atoms with Crippen LogP contribution < -0.4 is 10.6 Å². The van der Waals surface area contributed by atoms with Crippen molar-refractivity contribution in [3.05, 3.63) is 12.4 Å². The molecule has 4 nitrogen and oxygen atoms in total. The first-order valence-electron chi connectivity index (χ1n) is 5.23. The molecule has 1 aromatic heterocycles. The average molecular weight is 194 g/mol. The van der Waals surface area contributed by atoms with Gasteiger partial charge in [0.05, 0.1) is 0 Å². The second kappa shape index (κ2) is 4.00. The van der Waals surface area contributed by atoms with Gasteiger partial charge in [0, 0.05) is 32.5 Å². The summed E-state index contributed by atoms with van der Waals surface area (Å²) < 4.78 is 2.07. The van der Waals surface area contributed by atoms with E-state index in [4.69, 9.17) is 5.73 Å². The minimum absolute atomic E-state index is 0.761. The molecule has 1 aliphatic rings. The fraction of sp³-hybridized carbons (Fsp3) is 0.700. The quantitative estimate of drug-likeness (QED) is 0.766. The molecule has 0 amide bonds. The molecule has 0 radical (unpaired) electrons. The van der Waals surface area contributed by atoms with Gasteiger partial charge in [0.25, 0.3) is 0 Å². The first-order valence-corrected chi connectivity index (χ1v) is 5.23. The first kappa shape index (κ1) is 9.52. The van der Waals surface area contributed by atoms with Crippen molar-refractivity contribution in [2.24, 2.45) is 18.7 Å². The van der Waals surface area contributed by atoms with Crippen molar-refractivity contribution in [1.29, 1.82) is 0 Å². The summed E-state index contributed by atoms with van der Waals surface area (Å²) in [5, 5.41) is 0. The average Bonchev–Trinajstić information content (AvgIpc) is 2.74. The van der Waals surface area contributed by atoms with Crippen LogP contribution >= 0.6 is 0 Å². The molecule has 0 aliphatic carbocycles. The van der Waals surface area contributed by atoms with Crippen molar-refractivity contribution in [3.8, 4) is 0 Å². The van der Waals surface area contributed by atoms with Gasteiger partial charge in [-0.05, 0) is 25.3 Å². The van der Waals surface area contributed by atoms with Crippen molar-refractivity contribution in [3.63, 3.8) is 0 Å². The van der Waals surface area contributed by atoms with Gasteiger partial charge < -0.3 is 15.2 Å².